The van der Waals surface area contributed by atoms with Crippen LogP contribution >= 0.6 is 0 Å². The summed E-state index contributed by atoms with van der Waals surface area (Å²) in [4.78, 5) is 10.4. The fourth-order valence-electron chi connectivity index (χ4n) is 1.91. The van der Waals surface area contributed by atoms with Crippen LogP contribution in [0, 0.1) is 11.3 Å². The van der Waals surface area contributed by atoms with E-state index in [-0.39, 0.29) is 0 Å². The van der Waals surface area contributed by atoms with Gasteiger partial charge in [-0.15, -0.1) is 0 Å². The van der Waals surface area contributed by atoms with Gasteiger partial charge in [-0.25, -0.2) is 9.97 Å². The number of rotatable bonds is 2. The number of hydrogen-bond donors (Lipinski definition) is 1. The fourth-order valence-corrected chi connectivity index (χ4v) is 1.91. The number of hydrogen-bond acceptors (Lipinski definition) is 5. The van der Waals surface area contributed by atoms with Crippen LogP contribution in [0.2, 0.25) is 0 Å². The highest BCUT2D eigenvalue weighted by molar-refractivity contribution is 5.40. The highest BCUT2D eigenvalue weighted by atomic mass is 15.2. The van der Waals surface area contributed by atoms with Crippen LogP contribution in [0.1, 0.15) is 18.5 Å². The number of nitriles is 1. The molecule has 1 atom stereocenters. The van der Waals surface area contributed by atoms with Crippen molar-refractivity contribution in [2.24, 2.45) is 5.73 Å². The maximum atomic E-state index is 8.61. The van der Waals surface area contributed by atoms with E-state index in [0.29, 0.717) is 18.3 Å². The monoisotopic (exact) mass is 203 g/mol. The molecule has 0 saturated carbocycles. The van der Waals surface area contributed by atoms with Crippen molar-refractivity contribution < 1.29 is 0 Å². The Kier molecular flexibility index (Phi) is 2.79. The SMILES string of the molecule is N#Cc1cnc(N2CCCC2CN)cn1. The lowest BCUT2D eigenvalue weighted by molar-refractivity contribution is 0.670. The Morgan fingerprint density at radius 3 is 3.00 bits per heavy atom. The van der Waals surface area contributed by atoms with Crippen LogP contribution in [-0.2, 0) is 0 Å². The maximum Gasteiger partial charge on any atom is 0.158 e. The van der Waals surface area contributed by atoms with Gasteiger partial charge in [-0.05, 0) is 12.8 Å². The maximum absolute atomic E-state index is 8.61. The first kappa shape index (κ1) is 9.87. The van der Waals surface area contributed by atoms with Crippen molar-refractivity contribution in [3.63, 3.8) is 0 Å². The van der Waals surface area contributed by atoms with Crippen LogP contribution in [0.4, 0.5) is 5.82 Å². The molecule has 15 heavy (non-hydrogen) atoms. The van der Waals surface area contributed by atoms with Crippen LogP contribution in [0.3, 0.4) is 0 Å². The van der Waals surface area contributed by atoms with E-state index in [1.165, 1.54) is 6.20 Å². The van der Waals surface area contributed by atoms with Gasteiger partial charge in [-0.2, -0.15) is 5.26 Å². The lowest BCUT2D eigenvalue weighted by Gasteiger charge is -2.23. The molecule has 0 aliphatic carbocycles. The summed E-state index contributed by atoms with van der Waals surface area (Å²) < 4.78 is 0. The van der Waals surface area contributed by atoms with E-state index < -0.39 is 0 Å². The standard InChI is InChI=1S/C10H13N5/c11-4-8-6-14-10(7-13-8)15-3-1-2-9(15)5-12/h6-7,9H,1-3,5,12H2. The summed E-state index contributed by atoms with van der Waals surface area (Å²) >= 11 is 0. The van der Waals surface area contributed by atoms with Gasteiger partial charge in [0.2, 0.25) is 0 Å². The molecule has 0 aromatic carbocycles. The minimum absolute atomic E-state index is 0.349. The second-order valence-electron chi connectivity index (χ2n) is 3.60. The average Bonchev–Trinajstić information content (AvgIpc) is 2.77. The molecule has 0 radical (unpaired) electrons. The highest BCUT2D eigenvalue weighted by Gasteiger charge is 2.24. The third-order valence-electron chi connectivity index (χ3n) is 2.70. The predicted molar refractivity (Wildman–Crippen MR) is 56.2 cm³/mol. The van der Waals surface area contributed by atoms with Crippen molar-refractivity contribution in [3.05, 3.63) is 18.1 Å². The highest BCUT2D eigenvalue weighted by Crippen LogP contribution is 2.22. The lowest BCUT2D eigenvalue weighted by atomic mass is 10.2. The topological polar surface area (TPSA) is 78.8 Å². The molecular weight excluding hydrogens is 190 g/mol. The summed E-state index contributed by atoms with van der Waals surface area (Å²) in [7, 11) is 0. The molecule has 1 unspecified atom stereocenters. The fraction of sp³-hybridized carbons (Fsp3) is 0.500. The molecule has 2 rings (SSSR count). The molecule has 1 aliphatic heterocycles. The van der Waals surface area contributed by atoms with Gasteiger partial charge in [-0.1, -0.05) is 0 Å². The van der Waals surface area contributed by atoms with E-state index in [0.717, 1.165) is 25.2 Å². The number of anilines is 1. The van der Waals surface area contributed by atoms with Crippen LogP contribution in [0.15, 0.2) is 12.4 Å². The summed E-state index contributed by atoms with van der Waals surface area (Å²) in [5.41, 5.74) is 6.02. The van der Waals surface area contributed by atoms with Gasteiger partial charge in [-0.3, -0.25) is 0 Å². The smallest absolute Gasteiger partial charge is 0.158 e. The van der Waals surface area contributed by atoms with E-state index in [1.807, 2.05) is 6.07 Å². The normalized spacial score (nSPS) is 20.3. The summed E-state index contributed by atoms with van der Waals surface area (Å²) in [6.45, 7) is 1.62. The third-order valence-corrected chi connectivity index (χ3v) is 2.70. The van der Waals surface area contributed by atoms with Gasteiger partial charge in [0.25, 0.3) is 0 Å². The molecule has 2 heterocycles. The molecular formula is C10H13N5. The van der Waals surface area contributed by atoms with Crippen molar-refractivity contribution in [2.75, 3.05) is 18.0 Å². The Labute approximate surface area is 88.5 Å². The van der Waals surface area contributed by atoms with E-state index in [2.05, 4.69) is 14.9 Å². The van der Waals surface area contributed by atoms with Gasteiger partial charge in [0.1, 0.15) is 11.9 Å². The van der Waals surface area contributed by atoms with Crippen LogP contribution in [0.25, 0.3) is 0 Å². The Morgan fingerprint density at radius 2 is 2.40 bits per heavy atom. The van der Waals surface area contributed by atoms with E-state index >= 15 is 0 Å². The molecule has 1 fully saturated rings. The van der Waals surface area contributed by atoms with Gasteiger partial charge in [0.05, 0.1) is 12.4 Å². The van der Waals surface area contributed by atoms with Crippen LogP contribution < -0.4 is 10.6 Å². The van der Waals surface area contributed by atoms with Gasteiger partial charge < -0.3 is 10.6 Å². The second-order valence-corrected chi connectivity index (χ2v) is 3.60. The van der Waals surface area contributed by atoms with E-state index in [9.17, 15) is 0 Å². The van der Waals surface area contributed by atoms with E-state index in [4.69, 9.17) is 11.0 Å². The molecule has 5 nitrogen and oxygen atoms in total. The Balaban J connectivity index is 2.19. The Hall–Kier alpha value is -1.67. The van der Waals surface area contributed by atoms with Crippen molar-refractivity contribution in [1.29, 1.82) is 5.26 Å². The molecule has 0 amide bonds. The zero-order chi connectivity index (χ0) is 10.7. The number of aromatic nitrogens is 2. The molecule has 2 N–H and O–H groups in total. The summed E-state index contributed by atoms with van der Waals surface area (Å²) in [6.07, 6.45) is 5.40. The van der Waals surface area contributed by atoms with Crippen LogP contribution in [0.5, 0.6) is 0 Å². The first-order valence-corrected chi connectivity index (χ1v) is 5.04. The summed E-state index contributed by atoms with van der Waals surface area (Å²) in [5.74, 6) is 0.821. The molecule has 0 spiro atoms. The van der Waals surface area contributed by atoms with Crippen molar-refractivity contribution >= 4 is 5.82 Å². The largest absolute Gasteiger partial charge is 0.351 e. The summed E-state index contributed by atoms with van der Waals surface area (Å²) in [6, 6.07) is 2.32. The van der Waals surface area contributed by atoms with Gasteiger partial charge in [0.15, 0.2) is 5.69 Å². The minimum atomic E-state index is 0.349. The first-order valence-electron chi connectivity index (χ1n) is 5.04. The molecule has 5 heteroatoms. The third kappa shape index (κ3) is 1.90. The molecule has 1 aromatic heterocycles. The quantitative estimate of drug-likeness (QED) is 0.746. The first-order chi connectivity index (χ1) is 7.35. The number of nitrogens with two attached hydrogens (primary N) is 1. The molecule has 1 aromatic rings. The predicted octanol–water partition coefficient (Wildman–Crippen LogP) is 0.276. The number of nitrogens with zero attached hydrogens (tertiary/aromatic N) is 4. The van der Waals surface area contributed by atoms with Crippen molar-refractivity contribution in [3.8, 4) is 6.07 Å². The van der Waals surface area contributed by atoms with Gasteiger partial charge in [0, 0.05) is 19.1 Å². The average molecular weight is 203 g/mol. The Morgan fingerprint density at radius 1 is 1.53 bits per heavy atom. The minimum Gasteiger partial charge on any atom is -0.351 e. The Bertz CT molecular complexity index is 366. The zero-order valence-corrected chi connectivity index (χ0v) is 8.43. The van der Waals surface area contributed by atoms with E-state index in [1.54, 1.807) is 6.20 Å². The molecule has 78 valence electrons. The molecule has 0 bridgehead atoms. The molecule has 1 saturated heterocycles. The second kappa shape index (κ2) is 4.24. The lowest BCUT2D eigenvalue weighted by Crippen LogP contribution is -2.35. The van der Waals surface area contributed by atoms with Crippen LogP contribution in [-0.4, -0.2) is 29.1 Å². The molecule has 1 aliphatic rings. The van der Waals surface area contributed by atoms with Crippen molar-refractivity contribution in [2.45, 2.75) is 18.9 Å². The van der Waals surface area contributed by atoms with Crippen molar-refractivity contribution in [1.82, 2.24) is 9.97 Å². The van der Waals surface area contributed by atoms with Gasteiger partial charge >= 0.3 is 0 Å². The summed E-state index contributed by atoms with van der Waals surface area (Å²) in [5, 5.41) is 8.61. The zero-order valence-electron chi connectivity index (χ0n) is 8.43.